The fraction of sp³-hybridized carbons (Fsp3) is 0.273. The molecule has 0 saturated carbocycles. The van der Waals surface area contributed by atoms with Crippen molar-refractivity contribution in [1.29, 1.82) is 0 Å². The molecule has 1 aromatic rings. The highest BCUT2D eigenvalue weighted by atomic mass is 16.6. The zero-order valence-corrected chi connectivity index (χ0v) is 8.41. The van der Waals surface area contributed by atoms with Crippen molar-refractivity contribution in [2.75, 3.05) is 5.32 Å². The average Bonchev–Trinajstić information content (AvgIpc) is 2.07. The van der Waals surface area contributed by atoms with Gasteiger partial charge in [0.1, 0.15) is 0 Å². The molecule has 0 saturated heterocycles. The Bertz CT molecular complexity index is 304. The molecule has 0 aliphatic rings. The van der Waals surface area contributed by atoms with Crippen molar-refractivity contribution in [2.45, 2.75) is 20.0 Å². The van der Waals surface area contributed by atoms with Gasteiger partial charge in [0.15, 0.2) is 0 Å². The van der Waals surface area contributed by atoms with Gasteiger partial charge in [0, 0.05) is 5.69 Å². The highest BCUT2D eigenvalue weighted by molar-refractivity contribution is 5.84. The maximum Gasteiger partial charge on any atom is 0.411 e. The zero-order chi connectivity index (χ0) is 10.6. The number of hydrogen-bond donors (Lipinski definition) is 1. The summed E-state index contributed by atoms with van der Waals surface area (Å²) in [4.78, 5) is 11.2. The molecule has 0 fully saturated rings. The van der Waals surface area contributed by atoms with Crippen molar-refractivity contribution < 1.29 is 9.53 Å². The van der Waals surface area contributed by atoms with E-state index in [1.807, 2.05) is 12.1 Å². The van der Waals surface area contributed by atoms with Crippen molar-refractivity contribution in [3.8, 4) is 0 Å². The molecule has 0 atom stereocenters. The molecule has 0 aliphatic carbocycles. The lowest BCUT2D eigenvalue weighted by atomic mass is 10.2. The van der Waals surface area contributed by atoms with Crippen LogP contribution in [0.5, 0.6) is 0 Å². The summed E-state index contributed by atoms with van der Waals surface area (Å²) in [6.45, 7) is 7.35. The Hall–Kier alpha value is -1.51. The van der Waals surface area contributed by atoms with Crippen molar-refractivity contribution in [3.63, 3.8) is 0 Å². The fourth-order valence-electron chi connectivity index (χ4n) is 0.949. The SMILES string of the molecule is [CH2]c1ccc(NC(=O)OC(C)C)cc1. The maximum atomic E-state index is 11.2. The second-order valence-electron chi connectivity index (χ2n) is 3.28. The van der Waals surface area contributed by atoms with Crippen molar-refractivity contribution in [1.82, 2.24) is 0 Å². The number of hydrogen-bond acceptors (Lipinski definition) is 2. The smallest absolute Gasteiger partial charge is 0.411 e. The Morgan fingerprint density at radius 2 is 1.93 bits per heavy atom. The van der Waals surface area contributed by atoms with Gasteiger partial charge < -0.3 is 4.74 Å². The first kappa shape index (κ1) is 10.6. The van der Waals surface area contributed by atoms with Gasteiger partial charge in [0.05, 0.1) is 6.10 Å². The monoisotopic (exact) mass is 192 g/mol. The third-order valence-corrected chi connectivity index (χ3v) is 1.54. The van der Waals surface area contributed by atoms with Crippen molar-refractivity contribution >= 4 is 11.8 Å². The Balaban J connectivity index is 2.52. The van der Waals surface area contributed by atoms with E-state index in [-0.39, 0.29) is 6.10 Å². The second-order valence-corrected chi connectivity index (χ2v) is 3.28. The van der Waals surface area contributed by atoms with Gasteiger partial charge in [-0.25, -0.2) is 4.79 Å². The second kappa shape index (κ2) is 4.65. The molecule has 75 valence electrons. The highest BCUT2D eigenvalue weighted by Crippen LogP contribution is 2.09. The van der Waals surface area contributed by atoms with Crippen LogP contribution in [-0.2, 0) is 4.74 Å². The lowest BCUT2D eigenvalue weighted by molar-refractivity contribution is 0.130. The summed E-state index contributed by atoms with van der Waals surface area (Å²) >= 11 is 0. The van der Waals surface area contributed by atoms with Crippen LogP contribution < -0.4 is 5.32 Å². The third-order valence-electron chi connectivity index (χ3n) is 1.54. The molecule has 1 N–H and O–H groups in total. The van der Waals surface area contributed by atoms with Crippen LogP contribution in [0.15, 0.2) is 24.3 Å². The Morgan fingerprint density at radius 3 is 2.43 bits per heavy atom. The molecule has 0 spiro atoms. The van der Waals surface area contributed by atoms with Crippen LogP contribution >= 0.6 is 0 Å². The molecule has 0 heterocycles. The summed E-state index contributed by atoms with van der Waals surface area (Å²) in [5.74, 6) is 0. The van der Waals surface area contributed by atoms with E-state index in [4.69, 9.17) is 4.74 Å². The zero-order valence-electron chi connectivity index (χ0n) is 8.41. The minimum atomic E-state index is -0.434. The number of carbonyl (C=O) groups excluding carboxylic acids is 1. The minimum absolute atomic E-state index is 0.109. The molecule has 0 bridgehead atoms. The molecule has 3 nitrogen and oxygen atoms in total. The van der Waals surface area contributed by atoms with Gasteiger partial charge in [-0.05, 0) is 38.5 Å². The number of rotatable bonds is 2. The lowest BCUT2D eigenvalue weighted by Crippen LogP contribution is -2.17. The van der Waals surface area contributed by atoms with Gasteiger partial charge in [0.25, 0.3) is 0 Å². The molecule has 1 aromatic carbocycles. The minimum Gasteiger partial charge on any atom is -0.447 e. The molecule has 1 rings (SSSR count). The first-order chi connectivity index (χ1) is 6.58. The molecular weight excluding hydrogens is 178 g/mol. The van der Waals surface area contributed by atoms with E-state index in [0.29, 0.717) is 5.69 Å². The molecule has 14 heavy (non-hydrogen) atoms. The quantitative estimate of drug-likeness (QED) is 0.782. The topological polar surface area (TPSA) is 38.3 Å². The fourth-order valence-corrected chi connectivity index (χ4v) is 0.949. The first-order valence-corrected chi connectivity index (χ1v) is 4.47. The summed E-state index contributed by atoms with van der Waals surface area (Å²) in [7, 11) is 0. The van der Waals surface area contributed by atoms with E-state index in [1.165, 1.54) is 0 Å². The normalized spacial score (nSPS) is 10.0. The summed E-state index contributed by atoms with van der Waals surface area (Å²) in [5, 5.41) is 2.61. The molecular formula is C11H14NO2. The number of nitrogens with one attached hydrogen (secondary N) is 1. The predicted octanol–water partition coefficient (Wildman–Crippen LogP) is 2.83. The van der Waals surface area contributed by atoms with E-state index in [9.17, 15) is 4.79 Å². The van der Waals surface area contributed by atoms with Gasteiger partial charge in [-0.3, -0.25) is 5.32 Å². The number of carbonyl (C=O) groups is 1. The van der Waals surface area contributed by atoms with E-state index >= 15 is 0 Å². The van der Waals surface area contributed by atoms with E-state index in [2.05, 4.69) is 12.2 Å². The number of ether oxygens (including phenoxy) is 1. The van der Waals surface area contributed by atoms with Crippen LogP contribution in [-0.4, -0.2) is 12.2 Å². The van der Waals surface area contributed by atoms with Crippen LogP contribution in [0.4, 0.5) is 10.5 Å². The molecule has 1 radical (unpaired) electrons. The first-order valence-electron chi connectivity index (χ1n) is 4.47. The van der Waals surface area contributed by atoms with Crippen LogP contribution in [0, 0.1) is 6.92 Å². The van der Waals surface area contributed by atoms with Gasteiger partial charge >= 0.3 is 6.09 Å². The average molecular weight is 192 g/mol. The standard InChI is InChI=1S/C11H14NO2/c1-8(2)14-11(13)12-10-6-4-9(3)5-7-10/h4-8H,3H2,1-2H3,(H,12,13). The van der Waals surface area contributed by atoms with Gasteiger partial charge in [-0.2, -0.15) is 0 Å². The van der Waals surface area contributed by atoms with Crippen LogP contribution in [0.25, 0.3) is 0 Å². The molecule has 1 amide bonds. The van der Waals surface area contributed by atoms with Crippen LogP contribution in [0.2, 0.25) is 0 Å². The summed E-state index contributed by atoms with van der Waals surface area (Å²) in [5.41, 5.74) is 1.62. The molecule has 0 unspecified atom stereocenters. The number of anilines is 1. The van der Waals surface area contributed by atoms with E-state index in [0.717, 1.165) is 5.56 Å². The van der Waals surface area contributed by atoms with Crippen LogP contribution in [0.1, 0.15) is 19.4 Å². The van der Waals surface area contributed by atoms with Crippen molar-refractivity contribution in [2.24, 2.45) is 0 Å². The Morgan fingerprint density at radius 1 is 1.36 bits per heavy atom. The predicted molar refractivity (Wildman–Crippen MR) is 56.1 cm³/mol. The molecule has 0 aliphatic heterocycles. The highest BCUT2D eigenvalue weighted by Gasteiger charge is 2.04. The van der Waals surface area contributed by atoms with Gasteiger partial charge in [-0.1, -0.05) is 12.1 Å². The van der Waals surface area contributed by atoms with Gasteiger partial charge in [0.2, 0.25) is 0 Å². The summed E-state index contributed by atoms with van der Waals surface area (Å²) < 4.78 is 4.92. The summed E-state index contributed by atoms with van der Waals surface area (Å²) in [6, 6.07) is 7.21. The summed E-state index contributed by atoms with van der Waals surface area (Å²) in [6.07, 6.45) is -0.543. The Kier molecular flexibility index (Phi) is 3.51. The largest absolute Gasteiger partial charge is 0.447 e. The van der Waals surface area contributed by atoms with Crippen LogP contribution in [0.3, 0.4) is 0 Å². The molecule has 3 heteroatoms. The number of amides is 1. The molecule has 0 aromatic heterocycles. The maximum absolute atomic E-state index is 11.2. The number of benzene rings is 1. The van der Waals surface area contributed by atoms with Crippen molar-refractivity contribution in [3.05, 3.63) is 36.8 Å². The third kappa shape index (κ3) is 3.47. The van der Waals surface area contributed by atoms with E-state index in [1.54, 1.807) is 26.0 Å². The van der Waals surface area contributed by atoms with Gasteiger partial charge in [-0.15, -0.1) is 0 Å². The Labute approximate surface area is 84.1 Å². The lowest BCUT2D eigenvalue weighted by Gasteiger charge is -2.09. The van der Waals surface area contributed by atoms with E-state index < -0.39 is 6.09 Å².